The second kappa shape index (κ2) is 12.8. The Balaban J connectivity index is 1.82. The number of hydrogen-bond donors (Lipinski definition) is 1. The van der Waals surface area contributed by atoms with E-state index >= 15 is 0 Å². The maximum atomic E-state index is 13.5. The summed E-state index contributed by atoms with van der Waals surface area (Å²) in [6.45, 7) is 2.39. The van der Waals surface area contributed by atoms with E-state index in [0.29, 0.717) is 18.7 Å². The molecule has 0 saturated heterocycles. The van der Waals surface area contributed by atoms with Crippen LogP contribution in [0, 0.1) is 6.92 Å². The summed E-state index contributed by atoms with van der Waals surface area (Å²) in [4.78, 5) is 28.2. The molecule has 0 aliphatic rings. The lowest BCUT2D eigenvalue weighted by Crippen LogP contribution is -2.50. The van der Waals surface area contributed by atoms with E-state index in [0.717, 1.165) is 22.6 Å². The van der Waals surface area contributed by atoms with Crippen molar-refractivity contribution in [3.8, 4) is 5.75 Å². The van der Waals surface area contributed by atoms with Crippen molar-refractivity contribution in [1.82, 2.24) is 10.2 Å². The first kappa shape index (κ1) is 25.4. The fourth-order valence-corrected chi connectivity index (χ4v) is 4.69. The molecular formula is C28H32N2O3S. The Morgan fingerprint density at radius 1 is 0.941 bits per heavy atom. The standard InChI is InChI=1S/C28H32N2O3S/c1-21-9-7-13-24(15-21)19-34-20-27(31)30(18-23-12-8-14-25(16-23)33-3)26(28(32)29-2)17-22-10-5-4-6-11-22/h4-16,26H,17-20H2,1-3H3,(H,29,32)/t26-/m0/s1. The van der Waals surface area contributed by atoms with Crippen LogP contribution in [0.15, 0.2) is 78.9 Å². The van der Waals surface area contributed by atoms with Gasteiger partial charge >= 0.3 is 0 Å². The Bertz CT molecular complexity index is 1090. The van der Waals surface area contributed by atoms with Gasteiger partial charge in [-0.3, -0.25) is 9.59 Å². The molecule has 5 nitrogen and oxygen atoms in total. The van der Waals surface area contributed by atoms with Gasteiger partial charge in [0.1, 0.15) is 11.8 Å². The third-order valence-corrected chi connectivity index (χ3v) is 6.57. The average molecular weight is 477 g/mol. The lowest BCUT2D eigenvalue weighted by Gasteiger charge is -2.31. The molecule has 34 heavy (non-hydrogen) atoms. The first-order valence-corrected chi connectivity index (χ1v) is 12.5. The second-order valence-corrected chi connectivity index (χ2v) is 9.16. The first-order valence-electron chi connectivity index (χ1n) is 11.3. The third-order valence-electron chi connectivity index (χ3n) is 5.58. The summed E-state index contributed by atoms with van der Waals surface area (Å²) in [6.07, 6.45) is 0.443. The number of carbonyl (C=O) groups excluding carboxylic acids is 2. The van der Waals surface area contributed by atoms with Gasteiger partial charge in [0.2, 0.25) is 11.8 Å². The fraction of sp³-hybridized carbons (Fsp3) is 0.286. The molecule has 0 radical (unpaired) electrons. The third kappa shape index (κ3) is 7.39. The maximum absolute atomic E-state index is 13.5. The SMILES string of the molecule is CNC(=O)[C@H](Cc1ccccc1)N(Cc1cccc(OC)c1)C(=O)CSCc1cccc(C)c1. The number of benzene rings is 3. The normalized spacial score (nSPS) is 11.5. The fourth-order valence-electron chi connectivity index (χ4n) is 3.83. The Kier molecular flexibility index (Phi) is 9.59. The summed E-state index contributed by atoms with van der Waals surface area (Å²) in [5.74, 6) is 1.51. The molecule has 0 saturated carbocycles. The van der Waals surface area contributed by atoms with Gasteiger partial charge in [0.25, 0.3) is 0 Å². The van der Waals surface area contributed by atoms with Crippen molar-refractivity contribution < 1.29 is 14.3 Å². The van der Waals surface area contributed by atoms with E-state index in [2.05, 4.69) is 30.4 Å². The van der Waals surface area contributed by atoms with Gasteiger partial charge in [-0.1, -0.05) is 72.3 Å². The summed E-state index contributed by atoms with van der Waals surface area (Å²) >= 11 is 1.57. The molecule has 0 spiro atoms. The minimum Gasteiger partial charge on any atom is -0.497 e. The number of amides is 2. The van der Waals surface area contributed by atoms with Gasteiger partial charge in [0.05, 0.1) is 12.9 Å². The number of methoxy groups -OCH3 is 1. The zero-order chi connectivity index (χ0) is 24.3. The Hall–Kier alpha value is -3.25. The lowest BCUT2D eigenvalue weighted by atomic mass is 10.0. The van der Waals surface area contributed by atoms with Crippen molar-refractivity contribution in [2.45, 2.75) is 31.7 Å². The van der Waals surface area contributed by atoms with Crippen LogP contribution in [-0.4, -0.2) is 42.7 Å². The predicted octanol–water partition coefficient (Wildman–Crippen LogP) is 4.62. The minimum absolute atomic E-state index is 0.0648. The van der Waals surface area contributed by atoms with E-state index in [-0.39, 0.29) is 11.8 Å². The molecule has 3 aromatic carbocycles. The van der Waals surface area contributed by atoms with Crippen LogP contribution in [0.3, 0.4) is 0 Å². The largest absolute Gasteiger partial charge is 0.497 e. The Morgan fingerprint density at radius 3 is 2.35 bits per heavy atom. The highest BCUT2D eigenvalue weighted by molar-refractivity contribution is 7.99. The number of hydrogen-bond acceptors (Lipinski definition) is 4. The molecule has 6 heteroatoms. The zero-order valence-corrected chi connectivity index (χ0v) is 20.8. The molecule has 0 aliphatic heterocycles. The highest BCUT2D eigenvalue weighted by atomic mass is 32.2. The van der Waals surface area contributed by atoms with Crippen LogP contribution in [-0.2, 0) is 28.3 Å². The van der Waals surface area contributed by atoms with Crippen molar-refractivity contribution in [3.05, 3.63) is 101 Å². The smallest absolute Gasteiger partial charge is 0.242 e. The van der Waals surface area contributed by atoms with E-state index in [9.17, 15) is 9.59 Å². The molecule has 2 amide bonds. The second-order valence-electron chi connectivity index (χ2n) is 8.17. The van der Waals surface area contributed by atoms with E-state index in [1.807, 2.05) is 60.7 Å². The van der Waals surface area contributed by atoms with Gasteiger partial charge in [-0.25, -0.2) is 0 Å². The minimum atomic E-state index is -0.620. The van der Waals surface area contributed by atoms with Gasteiger partial charge in [-0.2, -0.15) is 0 Å². The van der Waals surface area contributed by atoms with Crippen molar-refractivity contribution in [3.63, 3.8) is 0 Å². The Morgan fingerprint density at radius 2 is 1.65 bits per heavy atom. The van der Waals surface area contributed by atoms with Crippen LogP contribution in [0.5, 0.6) is 5.75 Å². The van der Waals surface area contributed by atoms with Crippen LogP contribution in [0.1, 0.15) is 22.3 Å². The quantitative estimate of drug-likeness (QED) is 0.439. The van der Waals surface area contributed by atoms with Crippen molar-refractivity contribution in [2.24, 2.45) is 0 Å². The van der Waals surface area contributed by atoms with E-state index < -0.39 is 6.04 Å². The number of rotatable bonds is 11. The molecular weight excluding hydrogens is 444 g/mol. The predicted molar refractivity (Wildman–Crippen MR) is 139 cm³/mol. The van der Waals surface area contributed by atoms with Gasteiger partial charge in [-0.05, 0) is 35.7 Å². The number of nitrogens with zero attached hydrogens (tertiary/aromatic N) is 1. The van der Waals surface area contributed by atoms with Crippen LogP contribution in [0.2, 0.25) is 0 Å². The average Bonchev–Trinajstić information content (AvgIpc) is 2.86. The summed E-state index contributed by atoms with van der Waals surface area (Å²) in [7, 11) is 3.23. The molecule has 0 heterocycles. The van der Waals surface area contributed by atoms with Crippen molar-refractivity contribution in [1.29, 1.82) is 0 Å². The number of thioether (sulfide) groups is 1. The number of aryl methyl sites for hydroxylation is 1. The van der Waals surface area contributed by atoms with Crippen LogP contribution >= 0.6 is 11.8 Å². The van der Waals surface area contributed by atoms with Crippen LogP contribution in [0.25, 0.3) is 0 Å². The molecule has 0 aliphatic carbocycles. The molecule has 178 valence electrons. The summed E-state index contributed by atoms with van der Waals surface area (Å²) in [6, 6.07) is 25.1. The van der Waals surface area contributed by atoms with Gasteiger partial charge in [0.15, 0.2) is 0 Å². The molecule has 3 aromatic rings. The molecule has 1 N–H and O–H groups in total. The molecule has 0 bridgehead atoms. The Labute approximate surface area is 206 Å². The zero-order valence-electron chi connectivity index (χ0n) is 20.0. The summed E-state index contributed by atoms with van der Waals surface area (Å²) < 4.78 is 5.36. The first-order chi connectivity index (χ1) is 16.5. The van der Waals surface area contributed by atoms with Crippen LogP contribution in [0.4, 0.5) is 0 Å². The maximum Gasteiger partial charge on any atom is 0.242 e. The highest BCUT2D eigenvalue weighted by Gasteiger charge is 2.29. The molecule has 0 aromatic heterocycles. The number of carbonyl (C=O) groups is 2. The summed E-state index contributed by atoms with van der Waals surface area (Å²) in [5.41, 5.74) is 4.31. The van der Waals surface area contributed by atoms with Gasteiger partial charge in [0, 0.05) is 25.8 Å². The molecule has 3 rings (SSSR count). The summed E-state index contributed by atoms with van der Waals surface area (Å²) in [5, 5.41) is 2.75. The molecule has 0 unspecified atom stereocenters. The number of nitrogens with one attached hydrogen (secondary N) is 1. The van der Waals surface area contributed by atoms with Crippen molar-refractivity contribution in [2.75, 3.05) is 19.9 Å². The molecule has 1 atom stereocenters. The van der Waals surface area contributed by atoms with E-state index in [4.69, 9.17) is 4.74 Å². The van der Waals surface area contributed by atoms with Gasteiger partial charge in [-0.15, -0.1) is 11.8 Å². The van der Waals surface area contributed by atoms with Crippen LogP contribution < -0.4 is 10.1 Å². The monoisotopic (exact) mass is 476 g/mol. The van der Waals surface area contributed by atoms with Crippen molar-refractivity contribution >= 4 is 23.6 Å². The number of ether oxygens (including phenoxy) is 1. The van der Waals surface area contributed by atoms with E-state index in [1.165, 1.54) is 11.1 Å². The highest BCUT2D eigenvalue weighted by Crippen LogP contribution is 2.20. The number of likely N-dealkylation sites (N-methyl/N-ethyl adjacent to an activating group) is 1. The lowest BCUT2D eigenvalue weighted by molar-refractivity contribution is -0.139. The van der Waals surface area contributed by atoms with E-state index in [1.54, 1.807) is 30.8 Å². The molecule has 0 fully saturated rings. The topological polar surface area (TPSA) is 58.6 Å². The van der Waals surface area contributed by atoms with Gasteiger partial charge < -0.3 is 15.0 Å².